The van der Waals surface area contributed by atoms with Gasteiger partial charge in [-0.15, -0.1) is 0 Å². The van der Waals surface area contributed by atoms with Gasteiger partial charge in [0.25, 0.3) is 0 Å². The average Bonchev–Trinajstić information content (AvgIpc) is 2.58. The van der Waals surface area contributed by atoms with Crippen LogP contribution in [0.3, 0.4) is 0 Å². The second kappa shape index (κ2) is 4.58. The third-order valence-corrected chi connectivity index (χ3v) is 3.91. The van der Waals surface area contributed by atoms with E-state index >= 15 is 0 Å². The summed E-state index contributed by atoms with van der Waals surface area (Å²) in [5, 5.41) is 13.5. The number of halogens is 1. The maximum Gasteiger partial charge on any atom is 0.188 e. The van der Waals surface area contributed by atoms with Crippen LogP contribution in [0.15, 0.2) is 0 Å². The van der Waals surface area contributed by atoms with Gasteiger partial charge in [0, 0.05) is 25.2 Å². The maximum atomic E-state index is 8.84. The molecule has 0 aliphatic carbocycles. The minimum Gasteiger partial charge on any atom is -0.345 e. The second-order valence-corrected chi connectivity index (χ2v) is 5.44. The van der Waals surface area contributed by atoms with Crippen molar-refractivity contribution in [3.05, 3.63) is 10.0 Å². The van der Waals surface area contributed by atoms with Crippen molar-refractivity contribution in [3.63, 3.8) is 0 Å². The number of nitriles is 1. The minimum absolute atomic E-state index is 0.321. The molecule has 1 aromatic heterocycles. The monoisotopic (exact) mass is 256 g/mol. The van der Waals surface area contributed by atoms with Crippen molar-refractivity contribution in [1.82, 2.24) is 10.3 Å². The standard InChI is InChI=1S/C10H13ClN4S/c1-6-4-15(5-7(2)13-6)10-14-9(11)8(3-12)16-10/h6-7,13H,4-5H2,1-2H3. The number of thiazole rings is 1. The van der Waals surface area contributed by atoms with Crippen LogP contribution in [-0.2, 0) is 0 Å². The zero-order chi connectivity index (χ0) is 11.7. The van der Waals surface area contributed by atoms with Gasteiger partial charge in [0.05, 0.1) is 0 Å². The molecule has 2 unspecified atom stereocenters. The summed E-state index contributed by atoms with van der Waals surface area (Å²) >= 11 is 7.24. The van der Waals surface area contributed by atoms with Crippen LogP contribution in [0.5, 0.6) is 0 Å². The van der Waals surface area contributed by atoms with Crippen molar-refractivity contribution in [3.8, 4) is 6.07 Å². The fourth-order valence-electron chi connectivity index (χ4n) is 1.98. The van der Waals surface area contributed by atoms with Gasteiger partial charge in [-0.25, -0.2) is 4.98 Å². The summed E-state index contributed by atoms with van der Waals surface area (Å²) in [6.45, 7) is 6.09. The average molecular weight is 257 g/mol. The minimum atomic E-state index is 0.321. The highest BCUT2D eigenvalue weighted by Crippen LogP contribution is 2.29. The van der Waals surface area contributed by atoms with Gasteiger partial charge in [-0.2, -0.15) is 5.26 Å². The SMILES string of the molecule is CC1CN(c2nc(Cl)c(C#N)s2)CC(C)N1. The molecule has 1 fully saturated rings. The molecule has 2 heterocycles. The Bertz CT molecular complexity index is 415. The molecule has 2 rings (SSSR count). The van der Waals surface area contributed by atoms with Crippen molar-refractivity contribution in [1.29, 1.82) is 5.26 Å². The van der Waals surface area contributed by atoms with E-state index in [4.69, 9.17) is 16.9 Å². The Labute approximate surface area is 104 Å². The van der Waals surface area contributed by atoms with Crippen LogP contribution in [0.2, 0.25) is 5.15 Å². The van der Waals surface area contributed by atoms with Crippen LogP contribution in [0.4, 0.5) is 5.13 Å². The van der Waals surface area contributed by atoms with Gasteiger partial charge in [0.2, 0.25) is 0 Å². The van der Waals surface area contributed by atoms with Crippen LogP contribution < -0.4 is 10.2 Å². The molecule has 0 saturated carbocycles. The van der Waals surface area contributed by atoms with E-state index in [1.54, 1.807) is 0 Å². The number of hydrogen-bond donors (Lipinski definition) is 1. The number of rotatable bonds is 1. The molecule has 16 heavy (non-hydrogen) atoms. The molecular formula is C10H13ClN4S. The molecule has 0 aromatic carbocycles. The van der Waals surface area contributed by atoms with Crippen molar-refractivity contribution in [2.45, 2.75) is 25.9 Å². The molecule has 6 heteroatoms. The van der Waals surface area contributed by atoms with E-state index in [0.717, 1.165) is 18.2 Å². The number of hydrogen-bond acceptors (Lipinski definition) is 5. The highest BCUT2D eigenvalue weighted by Gasteiger charge is 2.24. The van der Waals surface area contributed by atoms with E-state index in [9.17, 15) is 0 Å². The van der Waals surface area contributed by atoms with Gasteiger partial charge in [-0.05, 0) is 13.8 Å². The molecule has 86 valence electrons. The normalized spacial score (nSPS) is 25.5. The quantitative estimate of drug-likeness (QED) is 0.833. The van der Waals surface area contributed by atoms with Crippen molar-refractivity contribution >= 4 is 28.1 Å². The van der Waals surface area contributed by atoms with E-state index in [-0.39, 0.29) is 0 Å². The van der Waals surface area contributed by atoms with Gasteiger partial charge in [0.1, 0.15) is 10.9 Å². The Balaban J connectivity index is 2.20. The summed E-state index contributed by atoms with van der Waals surface area (Å²) in [6, 6.07) is 2.91. The van der Waals surface area contributed by atoms with Crippen LogP contribution in [0.25, 0.3) is 0 Å². The van der Waals surface area contributed by atoms with Gasteiger partial charge in [-0.3, -0.25) is 0 Å². The number of nitrogens with one attached hydrogen (secondary N) is 1. The molecule has 1 N–H and O–H groups in total. The number of nitrogens with zero attached hydrogens (tertiary/aromatic N) is 3. The molecule has 2 atom stereocenters. The van der Waals surface area contributed by atoms with Crippen LogP contribution in [0, 0.1) is 11.3 Å². The first-order valence-electron chi connectivity index (χ1n) is 5.17. The van der Waals surface area contributed by atoms with Gasteiger partial charge >= 0.3 is 0 Å². The molecule has 0 radical (unpaired) electrons. The third kappa shape index (κ3) is 2.29. The van der Waals surface area contributed by atoms with Crippen molar-refractivity contribution in [2.75, 3.05) is 18.0 Å². The highest BCUT2D eigenvalue weighted by molar-refractivity contribution is 7.16. The molecule has 0 spiro atoms. The predicted octanol–water partition coefficient (Wildman–Crippen LogP) is 1.85. The smallest absolute Gasteiger partial charge is 0.188 e. The summed E-state index contributed by atoms with van der Waals surface area (Å²) < 4.78 is 0. The maximum absolute atomic E-state index is 8.84. The zero-order valence-electron chi connectivity index (χ0n) is 9.20. The molecule has 4 nitrogen and oxygen atoms in total. The summed E-state index contributed by atoms with van der Waals surface area (Å²) in [6.07, 6.45) is 0. The number of aromatic nitrogens is 1. The van der Waals surface area contributed by atoms with E-state index in [1.165, 1.54) is 11.3 Å². The lowest BCUT2D eigenvalue weighted by atomic mass is 10.2. The van der Waals surface area contributed by atoms with Crippen LogP contribution in [-0.4, -0.2) is 30.2 Å². The number of anilines is 1. The Morgan fingerprint density at radius 3 is 2.62 bits per heavy atom. The Kier molecular flexibility index (Phi) is 3.33. The fourth-order valence-corrected chi connectivity index (χ4v) is 3.04. The summed E-state index contributed by atoms with van der Waals surface area (Å²) in [7, 11) is 0. The lowest BCUT2D eigenvalue weighted by Crippen LogP contribution is -2.54. The predicted molar refractivity (Wildman–Crippen MR) is 66.1 cm³/mol. The Morgan fingerprint density at radius 1 is 1.50 bits per heavy atom. The lowest BCUT2D eigenvalue weighted by Gasteiger charge is -2.35. The third-order valence-electron chi connectivity index (χ3n) is 2.50. The largest absolute Gasteiger partial charge is 0.345 e. The first-order chi connectivity index (χ1) is 7.60. The molecule has 0 bridgehead atoms. The first kappa shape index (κ1) is 11.6. The highest BCUT2D eigenvalue weighted by atomic mass is 35.5. The van der Waals surface area contributed by atoms with E-state index < -0.39 is 0 Å². The summed E-state index contributed by atoms with van der Waals surface area (Å²) in [4.78, 5) is 6.91. The molecule has 1 aliphatic rings. The zero-order valence-corrected chi connectivity index (χ0v) is 10.8. The first-order valence-corrected chi connectivity index (χ1v) is 6.37. The topological polar surface area (TPSA) is 52.0 Å². The van der Waals surface area contributed by atoms with E-state index in [0.29, 0.717) is 22.1 Å². The molecular weight excluding hydrogens is 244 g/mol. The van der Waals surface area contributed by atoms with Gasteiger partial charge < -0.3 is 10.2 Å². The second-order valence-electron chi connectivity index (χ2n) is 4.10. The summed E-state index contributed by atoms with van der Waals surface area (Å²) in [5.41, 5.74) is 0. The summed E-state index contributed by atoms with van der Waals surface area (Å²) in [5.74, 6) is 0. The van der Waals surface area contributed by atoms with Gasteiger partial charge in [-0.1, -0.05) is 22.9 Å². The lowest BCUT2D eigenvalue weighted by molar-refractivity contribution is 0.407. The van der Waals surface area contributed by atoms with Crippen molar-refractivity contribution in [2.24, 2.45) is 0 Å². The fraction of sp³-hybridized carbons (Fsp3) is 0.600. The number of piperazine rings is 1. The van der Waals surface area contributed by atoms with E-state index in [1.807, 2.05) is 0 Å². The van der Waals surface area contributed by atoms with E-state index in [2.05, 4.69) is 35.1 Å². The Hall–Kier alpha value is -0.830. The van der Waals surface area contributed by atoms with Gasteiger partial charge in [0.15, 0.2) is 10.3 Å². The molecule has 0 amide bonds. The van der Waals surface area contributed by atoms with Crippen LogP contribution >= 0.6 is 22.9 Å². The molecule has 1 aromatic rings. The Morgan fingerprint density at radius 2 is 2.12 bits per heavy atom. The van der Waals surface area contributed by atoms with Crippen LogP contribution in [0.1, 0.15) is 18.7 Å². The molecule has 1 saturated heterocycles. The molecule has 1 aliphatic heterocycles. The van der Waals surface area contributed by atoms with Crippen molar-refractivity contribution < 1.29 is 0 Å².